The molecule has 2 heterocycles. The summed E-state index contributed by atoms with van der Waals surface area (Å²) in [5.41, 5.74) is 0.408. The van der Waals surface area contributed by atoms with Crippen LogP contribution in [0, 0.1) is 11.6 Å². The van der Waals surface area contributed by atoms with E-state index in [2.05, 4.69) is 10.3 Å². The molecule has 1 fully saturated rings. The number of benzene rings is 1. The van der Waals surface area contributed by atoms with Crippen LogP contribution >= 0.6 is 11.6 Å². The van der Waals surface area contributed by atoms with Gasteiger partial charge in [0, 0.05) is 19.0 Å². The largest absolute Gasteiger partial charge is 0.354 e. The lowest BCUT2D eigenvalue weighted by molar-refractivity contribution is -0.119. The Bertz CT molecular complexity index is 671. The molecule has 0 radical (unpaired) electrons. The van der Waals surface area contributed by atoms with Crippen LogP contribution in [0.15, 0.2) is 12.1 Å². The minimum Gasteiger partial charge on any atom is -0.354 e. The molecule has 0 bridgehead atoms. The van der Waals surface area contributed by atoms with Crippen LogP contribution in [0.1, 0.15) is 18.3 Å². The molecule has 1 aliphatic rings. The van der Waals surface area contributed by atoms with Crippen LogP contribution in [0.4, 0.5) is 8.78 Å². The first-order valence-electron chi connectivity index (χ1n) is 5.78. The van der Waals surface area contributed by atoms with Gasteiger partial charge in [0.15, 0.2) is 5.82 Å². The van der Waals surface area contributed by atoms with E-state index in [0.717, 1.165) is 6.07 Å². The molecule has 1 aromatic heterocycles. The molecule has 7 heteroatoms. The zero-order chi connectivity index (χ0) is 13.6. The summed E-state index contributed by atoms with van der Waals surface area (Å²) in [4.78, 5) is 15.4. The monoisotopic (exact) mass is 285 g/mol. The van der Waals surface area contributed by atoms with Crippen molar-refractivity contribution >= 4 is 28.5 Å². The van der Waals surface area contributed by atoms with Crippen molar-refractivity contribution in [2.75, 3.05) is 6.54 Å². The van der Waals surface area contributed by atoms with Crippen LogP contribution in [0.2, 0.25) is 0 Å². The van der Waals surface area contributed by atoms with Crippen molar-refractivity contribution in [1.82, 2.24) is 14.9 Å². The molecular formula is C12H10ClF2N3O. The molecule has 0 spiro atoms. The van der Waals surface area contributed by atoms with Gasteiger partial charge in [-0.2, -0.15) is 0 Å². The second-order valence-corrected chi connectivity index (χ2v) is 4.72. The number of nitrogens with zero attached hydrogens (tertiary/aromatic N) is 2. The fourth-order valence-electron chi connectivity index (χ4n) is 2.44. The maximum atomic E-state index is 13.7. The molecule has 0 aliphatic carbocycles. The Morgan fingerprint density at radius 1 is 1.47 bits per heavy atom. The molecule has 1 amide bonds. The zero-order valence-electron chi connectivity index (χ0n) is 9.79. The molecule has 19 heavy (non-hydrogen) atoms. The maximum absolute atomic E-state index is 13.7. The van der Waals surface area contributed by atoms with E-state index >= 15 is 0 Å². The molecule has 1 saturated heterocycles. The Balaban J connectivity index is 2.23. The standard InChI is InChI=1S/C12H10ClF2N3O/c13-4-10-17-12-8(15)1-6(14)2-9(12)18(10)7-3-11(19)16-5-7/h1-2,7H,3-5H2,(H,16,19). The number of carbonyl (C=O) groups is 1. The Hall–Kier alpha value is -1.69. The number of halogens is 3. The number of rotatable bonds is 2. The van der Waals surface area contributed by atoms with Gasteiger partial charge in [-0.25, -0.2) is 13.8 Å². The number of carbonyl (C=O) groups excluding carboxylic acids is 1. The normalized spacial score (nSPS) is 19.1. The van der Waals surface area contributed by atoms with Gasteiger partial charge in [-0.05, 0) is 6.07 Å². The second kappa shape index (κ2) is 4.45. The third kappa shape index (κ3) is 1.96. The van der Waals surface area contributed by atoms with Crippen molar-refractivity contribution in [1.29, 1.82) is 0 Å². The van der Waals surface area contributed by atoms with Crippen LogP contribution in [0.25, 0.3) is 11.0 Å². The molecule has 2 aromatic rings. The number of hydrogen-bond donors (Lipinski definition) is 1. The van der Waals surface area contributed by atoms with Gasteiger partial charge in [-0.3, -0.25) is 4.79 Å². The highest BCUT2D eigenvalue weighted by Crippen LogP contribution is 2.28. The van der Waals surface area contributed by atoms with Gasteiger partial charge in [0.25, 0.3) is 0 Å². The molecule has 0 saturated carbocycles. The fraction of sp³-hybridized carbons (Fsp3) is 0.333. The number of aromatic nitrogens is 2. The van der Waals surface area contributed by atoms with Crippen molar-refractivity contribution in [2.24, 2.45) is 0 Å². The van der Waals surface area contributed by atoms with Crippen molar-refractivity contribution in [2.45, 2.75) is 18.3 Å². The first-order chi connectivity index (χ1) is 9.10. The summed E-state index contributed by atoms with van der Waals surface area (Å²) in [7, 11) is 0. The smallest absolute Gasteiger partial charge is 0.222 e. The highest BCUT2D eigenvalue weighted by atomic mass is 35.5. The predicted octanol–water partition coefficient (Wildman–Crippen LogP) is 2.11. The third-order valence-electron chi connectivity index (χ3n) is 3.23. The molecule has 100 valence electrons. The van der Waals surface area contributed by atoms with Crippen molar-refractivity contribution in [3.05, 3.63) is 29.6 Å². The van der Waals surface area contributed by atoms with Gasteiger partial charge in [-0.15, -0.1) is 11.6 Å². The molecule has 1 unspecified atom stereocenters. The zero-order valence-corrected chi connectivity index (χ0v) is 10.5. The average Bonchev–Trinajstić information content (AvgIpc) is 2.92. The van der Waals surface area contributed by atoms with E-state index in [9.17, 15) is 13.6 Å². The quantitative estimate of drug-likeness (QED) is 0.859. The molecule has 1 N–H and O–H groups in total. The SMILES string of the molecule is O=C1CC(n2c(CCl)nc3c(F)cc(F)cc32)CN1. The third-order valence-corrected chi connectivity index (χ3v) is 3.47. The first-order valence-corrected chi connectivity index (χ1v) is 6.32. The van der Waals surface area contributed by atoms with Crippen LogP contribution in [0.5, 0.6) is 0 Å². The van der Waals surface area contributed by atoms with Gasteiger partial charge in [0.1, 0.15) is 17.2 Å². The second-order valence-electron chi connectivity index (χ2n) is 4.45. The highest BCUT2D eigenvalue weighted by Gasteiger charge is 2.27. The van der Waals surface area contributed by atoms with E-state index in [1.54, 1.807) is 4.57 Å². The van der Waals surface area contributed by atoms with Crippen LogP contribution < -0.4 is 5.32 Å². The molecule has 1 aromatic carbocycles. The maximum Gasteiger partial charge on any atom is 0.222 e. The fourth-order valence-corrected chi connectivity index (χ4v) is 2.63. The molecule has 1 aliphatic heterocycles. The van der Waals surface area contributed by atoms with E-state index in [4.69, 9.17) is 11.6 Å². The van der Waals surface area contributed by atoms with E-state index in [1.807, 2.05) is 0 Å². The van der Waals surface area contributed by atoms with Crippen molar-refractivity contribution < 1.29 is 13.6 Å². The Morgan fingerprint density at radius 3 is 2.89 bits per heavy atom. The molecule has 1 atom stereocenters. The summed E-state index contributed by atoms with van der Waals surface area (Å²) in [6, 6.07) is 1.78. The number of amides is 1. The lowest BCUT2D eigenvalue weighted by Crippen LogP contribution is -2.16. The summed E-state index contributed by atoms with van der Waals surface area (Å²) in [6.45, 7) is 0.409. The van der Waals surface area contributed by atoms with Crippen molar-refractivity contribution in [3.8, 4) is 0 Å². The topological polar surface area (TPSA) is 46.9 Å². The summed E-state index contributed by atoms with van der Waals surface area (Å²) in [5, 5.41) is 2.68. The average molecular weight is 286 g/mol. The lowest BCUT2D eigenvalue weighted by Gasteiger charge is -2.13. The Morgan fingerprint density at radius 2 is 2.26 bits per heavy atom. The highest BCUT2D eigenvalue weighted by molar-refractivity contribution is 6.16. The minimum absolute atomic E-state index is 0.0699. The van der Waals surface area contributed by atoms with Gasteiger partial charge in [0.2, 0.25) is 5.91 Å². The summed E-state index contributed by atoms with van der Waals surface area (Å²) < 4.78 is 28.7. The minimum atomic E-state index is -0.725. The van der Waals surface area contributed by atoms with Gasteiger partial charge >= 0.3 is 0 Å². The number of fused-ring (bicyclic) bond motifs is 1. The van der Waals surface area contributed by atoms with Crippen LogP contribution in [-0.4, -0.2) is 22.0 Å². The van der Waals surface area contributed by atoms with Gasteiger partial charge in [-0.1, -0.05) is 0 Å². The number of hydrogen-bond acceptors (Lipinski definition) is 2. The van der Waals surface area contributed by atoms with E-state index in [-0.39, 0.29) is 29.8 Å². The number of alkyl halides is 1. The van der Waals surface area contributed by atoms with E-state index in [0.29, 0.717) is 17.9 Å². The van der Waals surface area contributed by atoms with Crippen molar-refractivity contribution in [3.63, 3.8) is 0 Å². The summed E-state index contributed by atoms with van der Waals surface area (Å²) in [6.07, 6.45) is 0.257. The molecule has 3 rings (SSSR count). The number of nitrogens with one attached hydrogen (secondary N) is 1. The lowest BCUT2D eigenvalue weighted by atomic mass is 10.2. The van der Waals surface area contributed by atoms with E-state index in [1.165, 1.54) is 6.07 Å². The van der Waals surface area contributed by atoms with Gasteiger partial charge < -0.3 is 9.88 Å². The summed E-state index contributed by atoms with van der Waals surface area (Å²) in [5.74, 6) is -0.991. The summed E-state index contributed by atoms with van der Waals surface area (Å²) >= 11 is 5.81. The predicted molar refractivity (Wildman–Crippen MR) is 65.9 cm³/mol. The van der Waals surface area contributed by atoms with Crippen LogP contribution in [0.3, 0.4) is 0 Å². The molecule has 4 nitrogen and oxygen atoms in total. The Kier molecular flexibility index (Phi) is 2.89. The Labute approximate surface area is 112 Å². The van der Waals surface area contributed by atoms with E-state index < -0.39 is 11.6 Å². The van der Waals surface area contributed by atoms with Crippen LogP contribution in [-0.2, 0) is 10.7 Å². The van der Waals surface area contributed by atoms with Gasteiger partial charge in [0.05, 0.1) is 17.4 Å². The number of imidazole rings is 1. The molecular weight excluding hydrogens is 276 g/mol. The first kappa shape index (κ1) is 12.3.